The fourth-order valence-corrected chi connectivity index (χ4v) is 5.21. The SMILES string of the molecule is CCO[Si](CCCCOc1cc(C=CC(=O)O)ccc1F)(OCC)OCC. The Morgan fingerprint density at radius 1 is 1.11 bits per heavy atom. The first-order valence-corrected chi connectivity index (χ1v) is 11.1. The van der Waals surface area contributed by atoms with Crippen molar-refractivity contribution < 1.29 is 32.3 Å². The highest BCUT2D eigenvalue weighted by Crippen LogP contribution is 2.22. The number of carbonyl (C=O) groups is 1. The topological polar surface area (TPSA) is 74.2 Å². The van der Waals surface area contributed by atoms with Gasteiger partial charge in [-0.15, -0.1) is 0 Å². The molecule has 0 aromatic heterocycles. The zero-order valence-corrected chi connectivity index (χ0v) is 17.2. The Morgan fingerprint density at radius 3 is 2.30 bits per heavy atom. The highest BCUT2D eigenvalue weighted by molar-refractivity contribution is 6.60. The molecule has 1 rings (SSSR count). The predicted molar refractivity (Wildman–Crippen MR) is 103 cm³/mol. The molecule has 0 heterocycles. The van der Waals surface area contributed by atoms with Gasteiger partial charge in [-0.1, -0.05) is 6.07 Å². The minimum atomic E-state index is -2.66. The number of unbranched alkanes of at least 4 members (excludes halogenated alkanes) is 1. The van der Waals surface area contributed by atoms with Crippen molar-refractivity contribution in [2.75, 3.05) is 26.4 Å². The van der Waals surface area contributed by atoms with Crippen LogP contribution in [0.5, 0.6) is 5.75 Å². The second kappa shape index (κ2) is 12.6. The molecule has 0 atom stereocenters. The summed E-state index contributed by atoms with van der Waals surface area (Å²) in [4.78, 5) is 10.6. The van der Waals surface area contributed by atoms with Crippen LogP contribution in [0, 0.1) is 5.82 Å². The number of hydrogen-bond acceptors (Lipinski definition) is 5. The average molecular weight is 401 g/mol. The van der Waals surface area contributed by atoms with Gasteiger partial charge in [-0.3, -0.25) is 0 Å². The Bertz CT molecular complexity index is 591. The van der Waals surface area contributed by atoms with Gasteiger partial charge in [-0.25, -0.2) is 9.18 Å². The standard InChI is InChI=1S/C19H29FO6Si/c1-4-24-27(25-5-2,26-6-3)14-8-7-13-23-18-15-16(9-11-17(18)20)10-12-19(21)22/h9-12,15H,4-8,13-14H2,1-3H3,(H,21,22). The van der Waals surface area contributed by atoms with E-state index in [1.807, 2.05) is 20.8 Å². The summed E-state index contributed by atoms with van der Waals surface area (Å²) >= 11 is 0. The second-order valence-electron chi connectivity index (χ2n) is 5.65. The van der Waals surface area contributed by atoms with Crippen LogP contribution in [0.4, 0.5) is 4.39 Å². The van der Waals surface area contributed by atoms with E-state index in [1.165, 1.54) is 24.3 Å². The molecule has 0 fully saturated rings. The van der Waals surface area contributed by atoms with Crippen LogP contribution >= 0.6 is 0 Å². The molecule has 0 radical (unpaired) electrons. The molecule has 6 nitrogen and oxygen atoms in total. The minimum absolute atomic E-state index is 0.102. The third-order valence-corrected chi connectivity index (χ3v) is 6.75. The second-order valence-corrected chi connectivity index (χ2v) is 8.38. The number of halogens is 1. The molecule has 1 aromatic rings. The van der Waals surface area contributed by atoms with Crippen LogP contribution in [0.15, 0.2) is 24.3 Å². The molecule has 1 aromatic carbocycles. The van der Waals surface area contributed by atoms with Gasteiger partial charge in [0.25, 0.3) is 0 Å². The molecule has 0 bridgehead atoms. The van der Waals surface area contributed by atoms with Crippen LogP contribution in [0.25, 0.3) is 6.08 Å². The van der Waals surface area contributed by atoms with Gasteiger partial charge in [0.1, 0.15) is 0 Å². The minimum Gasteiger partial charge on any atom is -0.490 e. The maximum Gasteiger partial charge on any atom is 0.500 e. The molecule has 27 heavy (non-hydrogen) atoms. The lowest BCUT2D eigenvalue weighted by Gasteiger charge is -2.28. The van der Waals surface area contributed by atoms with Crippen molar-refractivity contribution in [3.8, 4) is 5.75 Å². The van der Waals surface area contributed by atoms with Crippen LogP contribution in [0.2, 0.25) is 6.04 Å². The van der Waals surface area contributed by atoms with Gasteiger partial charge in [0.15, 0.2) is 11.6 Å². The van der Waals surface area contributed by atoms with E-state index in [0.717, 1.165) is 12.5 Å². The van der Waals surface area contributed by atoms with Gasteiger partial charge in [0.05, 0.1) is 6.61 Å². The number of rotatable bonds is 14. The normalized spacial score (nSPS) is 11.9. The lowest BCUT2D eigenvalue weighted by atomic mass is 10.2. The lowest BCUT2D eigenvalue weighted by Crippen LogP contribution is -2.45. The number of ether oxygens (including phenoxy) is 1. The summed E-state index contributed by atoms with van der Waals surface area (Å²) in [7, 11) is -2.66. The van der Waals surface area contributed by atoms with Crippen molar-refractivity contribution >= 4 is 20.8 Å². The van der Waals surface area contributed by atoms with E-state index < -0.39 is 20.6 Å². The largest absolute Gasteiger partial charge is 0.500 e. The molecule has 0 saturated heterocycles. The molecule has 0 unspecified atom stereocenters. The Hall–Kier alpha value is -1.74. The highest BCUT2D eigenvalue weighted by atomic mass is 28.4. The average Bonchev–Trinajstić information content (AvgIpc) is 2.62. The summed E-state index contributed by atoms with van der Waals surface area (Å²) in [5, 5.41) is 8.66. The maximum atomic E-state index is 13.8. The molecule has 8 heteroatoms. The van der Waals surface area contributed by atoms with E-state index in [2.05, 4.69) is 0 Å². The highest BCUT2D eigenvalue weighted by Gasteiger charge is 2.39. The van der Waals surface area contributed by atoms with E-state index in [-0.39, 0.29) is 5.75 Å². The van der Waals surface area contributed by atoms with Crippen molar-refractivity contribution in [1.29, 1.82) is 0 Å². The first-order valence-electron chi connectivity index (χ1n) is 9.21. The molecule has 0 amide bonds. The van der Waals surface area contributed by atoms with Crippen LogP contribution in [0.1, 0.15) is 39.2 Å². The first kappa shape index (κ1) is 23.3. The van der Waals surface area contributed by atoms with Gasteiger partial charge in [-0.2, -0.15) is 0 Å². The summed E-state index contributed by atoms with van der Waals surface area (Å²) < 4.78 is 36.7. The maximum absolute atomic E-state index is 13.8. The van der Waals surface area contributed by atoms with Gasteiger partial charge in [0, 0.05) is 31.9 Å². The summed E-state index contributed by atoms with van der Waals surface area (Å²) in [6.45, 7) is 7.67. The van der Waals surface area contributed by atoms with Crippen LogP contribution in [-0.2, 0) is 18.1 Å². The molecule has 0 saturated carbocycles. The quantitative estimate of drug-likeness (QED) is 0.288. The van der Waals surface area contributed by atoms with Crippen LogP contribution in [-0.4, -0.2) is 46.3 Å². The van der Waals surface area contributed by atoms with E-state index in [1.54, 1.807) is 0 Å². The van der Waals surface area contributed by atoms with Gasteiger partial charge >= 0.3 is 14.8 Å². The predicted octanol–water partition coefficient (Wildman–Crippen LogP) is 4.13. The van der Waals surface area contributed by atoms with Crippen LogP contribution < -0.4 is 4.74 Å². The summed E-state index contributed by atoms with van der Waals surface area (Å²) in [6, 6.07) is 4.91. The molecule has 0 aliphatic rings. The van der Waals surface area contributed by atoms with Crippen molar-refractivity contribution in [3.63, 3.8) is 0 Å². The Balaban J connectivity index is 2.55. The Morgan fingerprint density at radius 2 is 1.74 bits per heavy atom. The number of carboxylic acid groups (broad SMARTS) is 1. The molecule has 0 aliphatic carbocycles. The summed E-state index contributed by atoms with van der Waals surface area (Å²) in [6.07, 6.45) is 3.85. The monoisotopic (exact) mass is 400 g/mol. The number of carboxylic acids is 1. The van der Waals surface area contributed by atoms with Crippen molar-refractivity contribution in [1.82, 2.24) is 0 Å². The molecule has 152 valence electrons. The molecular weight excluding hydrogens is 371 g/mol. The Labute approximate surface area is 161 Å². The fraction of sp³-hybridized carbons (Fsp3) is 0.526. The number of benzene rings is 1. The zero-order valence-electron chi connectivity index (χ0n) is 16.2. The number of hydrogen-bond donors (Lipinski definition) is 1. The van der Waals surface area contributed by atoms with Crippen molar-refractivity contribution in [2.24, 2.45) is 0 Å². The van der Waals surface area contributed by atoms with E-state index in [9.17, 15) is 9.18 Å². The molecule has 1 N–H and O–H groups in total. The van der Waals surface area contributed by atoms with Gasteiger partial charge in [-0.05, 0) is 57.4 Å². The van der Waals surface area contributed by atoms with Crippen molar-refractivity contribution in [3.05, 3.63) is 35.7 Å². The zero-order chi connectivity index (χ0) is 20.1. The third-order valence-electron chi connectivity index (χ3n) is 3.60. The lowest BCUT2D eigenvalue weighted by molar-refractivity contribution is -0.131. The molecule has 0 aliphatic heterocycles. The van der Waals surface area contributed by atoms with Gasteiger partial charge < -0.3 is 23.1 Å². The van der Waals surface area contributed by atoms with Crippen LogP contribution in [0.3, 0.4) is 0 Å². The van der Waals surface area contributed by atoms with E-state index in [0.29, 0.717) is 44.5 Å². The smallest absolute Gasteiger partial charge is 0.490 e. The van der Waals surface area contributed by atoms with Crippen molar-refractivity contribution in [2.45, 2.75) is 39.7 Å². The fourth-order valence-electron chi connectivity index (χ4n) is 2.53. The van der Waals surface area contributed by atoms with E-state index >= 15 is 0 Å². The Kier molecular flexibility index (Phi) is 10.9. The number of aliphatic carboxylic acids is 1. The van der Waals surface area contributed by atoms with Gasteiger partial charge in [0.2, 0.25) is 0 Å². The summed E-state index contributed by atoms with van der Waals surface area (Å²) in [5.74, 6) is -1.44. The first-order chi connectivity index (χ1) is 13.0. The third kappa shape index (κ3) is 8.66. The summed E-state index contributed by atoms with van der Waals surface area (Å²) in [5.41, 5.74) is 0.560. The molecule has 0 spiro atoms. The van der Waals surface area contributed by atoms with E-state index in [4.69, 9.17) is 23.1 Å². The molecular formula is C19H29FO6Si.